The Balaban J connectivity index is 2.62. The lowest BCUT2D eigenvalue weighted by atomic mass is 10.2. The molecule has 8 heteroatoms. The Morgan fingerprint density at radius 2 is 1.83 bits per heavy atom. The molecule has 0 aliphatic rings. The number of hydrogen-bond donors (Lipinski definition) is 1. The average Bonchev–Trinajstić information content (AvgIpc) is 2.24. The first-order chi connectivity index (χ1) is 8.33. The van der Waals surface area contributed by atoms with Crippen molar-refractivity contribution >= 4 is 23.2 Å². The summed E-state index contributed by atoms with van der Waals surface area (Å²) < 4.78 is 43.8. The van der Waals surface area contributed by atoms with Gasteiger partial charge >= 0.3 is 6.36 Å². The van der Waals surface area contributed by atoms with Crippen molar-refractivity contribution < 1.29 is 22.6 Å². The van der Waals surface area contributed by atoms with Crippen LogP contribution in [-0.4, -0.2) is 19.6 Å². The van der Waals surface area contributed by atoms with Crippen LogP contribution in [0.4, 0.5) is 13.2 Å². The second kappa shape index (κ2) is 6.47. The van der Waals surface area contributed by atoms with Crippen molar-refractivity contribution in [3.05, 3.63) is 27.7 Å². The summed E-state index contributed by atoms with van der Waals surface area (Å²) in [6.45, 7) is -0.823. The predicted molar refractivity (Wildman–Crippen MR) is 61.9 cm³/mol. The third-order valence-electron chi connectivity index (χ3n) is 1.90. The molecule has 0 unspecified atom stereocenters. The highest BCUT2D eigenvalue weighted by molar-refractivity contribution is 6.35. The van der Waals surface area contributed by atoms with Crippen LogP contribution in [0.3, 0.4) is 0 Å². The van der Waals surface area contributed by atoms with Crippen LogP contribution >= 0.6 is 23.2 Å². The molecule has 1 aromatic carbocycles. The highest BCUT2D eigenvalue weighted by Crippen LogP contribution is 2.32. The lowest BCUT2D eigenvalue weighted by Gasteiger charge is -2.13. The topological polar surface area (TPSA) is 44.5 Å². The number of alkyl halides is 3. The number of ether oxygens (including phenoxy) is 2. The zero-order chi connectivity index (χ0) is 13.8. The van der Waals surface area contributed by atoms with E-state index in [2.05, 4.69) is 4.74 Å². The van der Waals surface area contributed by atoms with E-state index in [1.165, 1.54) is 12.1 Å². The first-order valence-electron chi connectivity index (χ1n) is 4.85. The maximum Gasteiger partial charge on any atom is 0.522 e. The minimum Gasteiger partial charge on any atom is -0.489 e. The van der Waals surface area contributed by atoms with Crippen molar-refractivity contribution in [2.24, 2.45) is 5.73 Å². The quantitative estimate of drug-likeness (QED) is 0.848. The molecule has 0 saturated carbocycles. The fourth-order valence-corrected chi connectivity index (χ4v) is 1.82. The van der Waals surface area contributed by atoms with Crippen molar-refractivity contribution in [1.29, 1.82) is 0 Å². The zero-order valence-corrected chi connectivity index (χ0v) is 10.6. The number of hydrogen-bond acceptors (Lipinski definition) is 3. The van der Waals surface area contributed by atoms with Crippen molar-refractivity contribution in [2.45, 2.75) is 12.9 Å². The van der Waals surface area contributed by atoms with Crippen LogP contribution in [0.1, 0.15) is 5.56 Å². The van der Waals surface area contributed by atoms with Crippen molar-refractivity contribution in [1.82, 2.24) is 0 Å². The van der Waals surface area contributed by atoms with Gasteiger partial charge in [0, 0.05) is 17.1 Å². The summed E-state index contributed by atoms with van der Waals surface area (Å²) in [6, 6.07) is 2.95. The van der Waals surface area contributed by atoms with E-state index in [4.69, 9.17) is 33.7 Å². The molecule has 1 aromatic rings. The molecule has 2 N–H and O–H groups in total. The Kier molecular flexibility index (Phi) is 5.52. The Bertz CT molecular complexity index is 413. The SMILES string of the molecule is NCc1cc(Cl)cc(Cl)c1OCCOC(F)(F)F. The van der Waals surface area contributed by atoms with Gasteiger partial charge in [0.2, 0.25) is 0 Å². The lowest BCUT2D eigenvalue weighted by molar-refractivity contribution is -0.325. The molecule has 0 amide bonds. The molecule has 0 atom stereocenters. The zero-order valence-electron chi connectivity index (χ0n) is 9.06. The van der Waals surface area contributed by atoms with Gasteiger partial charge in [0.15, 0.2) is 0 Å². The molecule has 0 fully saturated rings. The smallest absolute Gasteiger partial charge is 0.489 e. The van der Waals surface area contributed by atoms with Crippen LogP contribution in [0.5, 0.6) is 5.75 Å². The largest absolute Gasteiger partial charge is 0.522 e. The molecule has 1 rings (SSSR count). The first kappa shape index (κ1) is 15.4. The predicted octanol–water partition coefficient (Wildman–Crippen LogP) is 3.37. The molecule has 0 radical (unpaired) electrons. The molecule has 0 aliphatic carbocycles. The molecular formula is C10H10Cl2F3NO2. The molecule has 102 valence electrons. The van der Waals surface area contributed by atoms with Gasteiger partial charge in [0.25, 0.3) is 0 Å². The van der Waals surface area contributed by atoms with Crippen molar-refractivity contribution in [3.8, 4) is 5.75 Å². The van der Waals surface area contributed by atoms with Crippen LogP contribution in [0.15, 0.2) is 12.1 Å². The standard InChI is InChI=1S/C10H10Cl2F3NO2/c11-7-3-6(5-16)9(8(12)4-7)17-1-2-18-10(13,14)15/h3-4H,1-2,5,16H2. The van der Waals surface area contributed by atoms with Gasteiger partial charge in [0.1, 0.15) is 12.4 Å². The third kappa shape index (κ3) is 4.89. The minimum atomic E-state index is -4.68. The van der Waals surface area contributed by atoms with E-state index in [9.17, 15) is 13.2 Å². The van der Waals surface area contributed by atoms with E-state index in [1.807, 2.05) is 0 Å². The summed E-state index contributed by atoms with van der Waals surface area (Å²) in [5.41, 5.74) is 5.97. The van der Waals surface area contributed by atoms with Crippen LogP contribution < -0.4 is 10.5 Å². The Labute approximate surface area is 112 Å². The number of nitrogens with two attached hydrogens (primary N) is 1. The summed E-state index contributed by atoms with van der Waals surface area (Å²) in [5, 5.41) is 0.564. The number of halogens is 5. The van der Waals surface area contributed by atoms with Gasteiger partial charge < -0.3 is 10.5 Å². The molecular weight excluding hydrogens is 294 g/mol. The molecule has 0 aromatic heterocycles. The fraction of sp³-hybridized carbons (Fsp3) is 0.400. The van der Waals surface area contributed by atoms with Crippen molar-refractivity contribution in [2.75, 3.05) is 13.2 Å². The summed E-state index contributed by atoms with van der Waals surface area (Å²) >= 11 is 11.6. The summed E-state index contributed by atoms with van der Waals surface area (Å²) in [4.78, 5) is 0. The molecule has 0 bridgehead atoms. The fourth-order valence-electron chi connectivity index (χ4n) is 1.23. The third-order valence-corrected chi connectivity index (χ3v) is 2.40. The summed E-state index contributed by atoms with van der Waals surface area (Å²) in [5.74, 6) is 0.217. The van der Waals surface area contributed by atoms with E-state index in [0.29, 0.717) is 10.6 Å². The maximum atomic E-state index is 11.7. The second-order valence-electron chi connectivity index (χ2n) is 3.22. The van der Waals surface area contributed by atoms with E-state index in [0.717, 1.165) is 0 Å². The molecule has 0 spiro atoms. The monoisotopic (exact) mass is 303 g/mol. The van der Waals surface area contributed by atoms with Crippen LogP contribution in [0, 0.1) is 0 Å². The van der Waals surface area contributed by atoms with E-state index < -0.39 is 13.0 Å². The average molecular weight is 304 g/mol. The first-order valence-corrected chi connectivity index (χ1v) is 5.60. The van der Waals surface area contributed by atoms with Crippen molar-refractivity contribution in [3.63, 3.8) is 0 Å². The van der Waals surface area contributed by atoms with Crippen LogP contribution in [0.25, 0.3) is 0 Å². The molecule has 0 aliphatic heterocycles. The van der Waals surface area contributed by atoms with Gasteiger partial charge in [-0.05, 0) is 12.1 Å². The maximum absolute atomic E-state index is 11.7. The van der Waals surface area contributed by atoms with E-state index >= 15 is 0 Å². The molecule has 3 nitrogen and oxygen atoms in total. The minimum absolute atomic E-state index is 0.107. The number of benzene rings is 1. The van der Waals surface area contributed by atoms with Gasteiger partial charge in [-0.1, -0.05) is 23.2 Å². The highest BCUT2D eigenvalue weighted by atomic mass is 35.5. The van der Waals surface area contributed by atoms with E-state index in [-0.39, 0.29) is 23.9 Å². The molecule has 0 saturated heterocycles. The van der Waals surface area contributed by atoms with Gasteiger partial charge in [-0.25, -0.2) is 0 Å². The normalized spacial score (nSPS) is 11.7. The van der Waals surface area contributed by atoms with Crippen LogP contribution in [-0.2, 0) is 11.3 Å². The summed E-state index contributed by atoms with van der Waals surface area (Å²) in [7, 11) is 0. The second-order valence-corrected chi connectivity index (χ2v) is 4.07. The van der Waals surface area contributed by atoms with E-state index in [1.54, 1.807) is 0 Å². The highest BCUT2D eigenvalue weighted by Gasteiger charge is 2.28. The van der Waals surface area contributed by atoms with Gasteiger partial charge in [0.05, 0.1) is 11.6 Å². The van der Waals surface area contributed by atoms with Gasteiger partial charge in [-0.15, -0.1) is 13.2 Å². The Morgan fingerprint density at radius 3 is 2.39 bits per heavy atom. The summed E-state index contributed by atoms with van der Waals surface area (Å²) in [6.07, 6.45) is -4.68. The van der Waals surface area contributed by atoms with Gasteiger partial charge in [-0.3, -0.25) is 4.74 Å². The van der Waals surface area contributed by atoms with Crippen LogP contribution in [0.2, 0.25) is 10.0 Å². The number of rotatable bonds is 5. The van der Waals surface area contributed by atoms with Gasteiger partial charge in [-0.2, -0.15) is 0 Å². The Morgan fingerprint density at radius 1 is 1.17 bits per heavy atom. The lowest BCUT2D eigenvalue weighted by Crippen LogP contribution is -2.18. The molecule has 18 heavy (non-hydrogen) atoms. The Hall–Kier alpha value is -0.690. The molecule has 0 heterocycles.